The Morgan fingerprint density at radius 3 is 2.12 bits per heavy atom. The van der Waals surface area contributed by atoms with Crippen LogP contribution in [0.5, 0.6) is 0 Å². The first-order valence-corrected chi connectivity index (χ1v) is 6.37. The van der Waals surface area contributed by atoms with Gasteiger partial charge in [-0.1, -0.05) is 31.9 Å². The van der Waals surface area contributed by atoms with E-state index in [4.69, 9.17) is 10.2 Å². The van der Waals surface area contributed by atoms with E-state index in [1.165, 1.54) is 0 Å². The largest absolute Gasteiger partial charge is 0.394 e. The summed E-state index contributed by atoms with van der Waals surface area (Å²) in [5.74, 6) is -0.633. The monoisotopic (exact) mass is 377 g/mol. The summed E-state index contributed by atoms with van der Waals surface area (Å²) in [6.45, 7) is -0.780. The third-order valence-electron chi connectivity index (χ3n) is 1.95. The van der Waals surface area contributed by atoms with Crippen molar-refractivity contribution in [2.24, 2.45) is 0 Å². The molecule has 7 nitrogen and oxygen atoms in total. The number of hydrogen-bond donors (Lipinski definition) is 5. The molecule has 0 heterocycles. The van der Waals surface area contributed by atoms with Crippen molar-refractivity contribution in [3.05, 3.63) is 0 Å². The van der Waals surface area contributed by atoms with Gasteiger partial charge in [0.25, 0.3) is 0 Å². The predicted molar refractivity (Wildman–Crippen MR) is 64.7 cm³/mol. The van der Waals surface area contributed by atoms with E-state index in [-0.39, 0.29) is 6.29 Å². The van der Waals surface area contributed by atoms with E-state index >= 15 is 0 Å². The number of carbonyl (C=O) groups excluding carboxylic acids is 2. The van der Waals surface area contributed by atoms with Crippen molar-refractivity contribution in [1.82, 2.24) is 5.32 Å². The second-order valence-electron chi connectivity index (χ2n) is 3.20. The van der Waals surface area contributed by atoms with Crippen LogP contribution in [0.25, 0.3) is 0 Å². The molecular formula is C8H13Br2NO6. The van der Waals surface area contributed by atoms with Crippen LogP contribution in [0.2, 0.25) is 0 Å². The van der Waals surface area contributed by atoms with Crippen molar-refractivity contribution < 1.29 is 30.0 Å². The number of aliphatic hydroxyl groups is 4. The normalized spacial score (nSPS) is 18.3. The maximum atomic E-state index is 11.2. The van der Waals surface area contributed by atoms with Crippen LogP contribution in [-0.2, 0) is 9.59 Å². The number of aliphatic hydroxyl groups excluding tert-OH is 4. The van der Waals surface area contributed by atoms with Gasteiger partial charge in [0.2, 0.25) is 5.91 Å². The Morgan fingerprint density at radius 2 is 1.76 bits per heavy atom. The maximum absolute atomic E-state index is 11.2. The Balaban J connectivity index is 4.55. The number of halogens is 2. The van der Waals surface area contributed by atoms with Crippen LogP contribution in [0.3, 0.4) is 0 Å². The molecule has 4 atom stereocenters. The summed E-state index contributed by atoms with van der Waals surface area (Å²) in [4.78, 5) is 21.9. The first-order valence-electron chi connectivity index (χ1n) is 4.54. The number of rotatable bonds is 7. The molecule has 0 saturated carbocycles. The number of hydrogen-bond acceptors (Lipinski definition) is 6. The molecule has 0 rings (SSSR count). The minimum Gasteiger partial charge on any atom is -0.394 e. The topological polar surface area (TPSA) is 127 Å². The van der Waals surface area contributed by atoms with Gasteiger partial charge in [-0.05, 0) is 0 Å². The van der Waals surface area contributed by atoms with Gasteiger partial charge in [0.15, 0.2) is 0 Å². The van der Waals surface area contributed by atoms with Gasteiger partial charge < -0.3 is 30.5 Å². The standard InChI is InChI=1S/C8H13Br2NO6/c9-7(10)8(17)11-3(1-12)5(15)6(16)4(14)2-13/h1,3-7,13-16H,2H2,(H,11,17)/t3-,4+,5+,6-/m0/s1. The maximum Gasteiger partial charge on any atom is 0.245 e. The fraction of sp³-hybridized carbons (Fsp3) is 0.750. The Hall–Kier alpha value is -0.0600. The SMILES string of the molecule is O=C[C@H](NC(=O)C(Br)Br)[C@@H](O)[C@@H](O)[C@H](O)CO. The lowest BCUT2D eigenvalue weighted by atomic mass is 10.0. The third kappa shape index (κ3) is 5.40. The number of carbonyl (C=O) groups is 2. The van der Waals surface area contributed by atoms with Crippen molar-refractivity contribution >= 4 is 44.1 Å². The molecule has 0 unspecified atom stereocenters. The number of amides is 1. The van der Waals surface area contributed by atoms with Crippen LogP contribution in [0, 0.1) is 0 Å². The van der Waals surface area contributed by atoms with Gasteiger partial charge in [0.05, 0.1) is 6.61 Å². The van der Waals surface area contributed by atoms with Crippen LogP contribution in [-0.4, -0.2) is 67.3 Å². The van der Waals surface area contributed by atoms with Crippen molar-refractivity contribution in [2.45, 2.75) is 28.1 Å². The fourth-order valence-electron chi connectivity index (χ4n) is 0.975. The van der Waals surface area contributed by atoms with E-state index in [0.29, 0.717) is 0 Å². The zero-order valence-electron chi connectivity index (χ0n) is 8.53. The number of alkyl halides is 2. The Kier molecular flexibility index (Phi) is 8.09. The molecule has 0 aliphatic carbocycles. The molecule has 5 N–H and O–H groups in total. The molecule has 100 valence electrons. The second kappa shape index (κ2) is 8.11. The lowest BCUT2D eigenvalue weighted by molar-refractivity contribution is -0.129. The van der Waals surface area contributed by atoms with E-state index in [0.717, 1.165) is 0 Å². The average Bonchev–Trinajstić information content (AvgIpc) is 2.32. The lowest BCUT2D eigenvalue weighted by Crippen LogP contribution is -2.54. The molecule has 9 heteroatoms. The molecule has 17 heavy (non-hydrogen) atoms. The van der Waals surface area contributed by atoms with Crippen LogP contribution in [0.15, 0.2) is 0 Å². The van der Waals surface area contributed by atoms with Gasteiger partial charge in [-0.25, -0.2) is 0 Å². The summed E-state index contributed by atoms with van der Waals surface area (Å²) in [6, 6.07) is -1.39. The smallest absolute Gasteiger partial charge is 0.245 e. The van der Waals surface area contributed by atoms with E-state index < -0.39 is 40.6 Å². The highest BCUT2D eigenvalue weighted by Gasteiger charge is 2.32. The van der Waals surface area contributed by atoms with E-state index in [1.54, 1.807) is 0 Å². The zero-order valence-corrected chi connectivity index (χ0v) is 11.7. The molecule has 0 bridgehead atoms. The third-order valence-corrected chi connectivity index (χ3v) is 2.78. The van der Waals surface area contributed by atoms with Gasteiger partial charge in [0, 0.05) is 0 Å². The molecule has 0 radical (unpaired) electrons. The summed E-state index contributed by atoms with van der Waals surface area (Å²) in [6.07, 6.45) is -4.86. The zero-order chi connectivity index (χ0) is 13.6. The van der Waals surface area contributed by atoms with Crippen molar-refractivity contribution in [1.29, 1.82) is 0 Å². The molecule has 0 aliphatic heterocycles. The summed E-state index contributed by atoms with van der Waals surface area (Å²) in [7, 11) is 0. The Bertz CT molecular complexity index is 264. The van der Waals surface area contributed by atoms with Crippen LogP contribution in [0.1, 0.15) is 0 Å². The lowest BCUT2D eigenvalue weighted by Gasteiger charge is -2.26. The van der Waals surface area contributed by atoms with Crippen molar-refractivity contribution in [2.75, 3.05) is 6.61 Å². The van der Waals surface area contributed by atoms with E-state index in [1.807, 2.05) is 0 Å². The number of nitrogens with one attached hydrogen (secondary N) is 1. The van der Waals surface area contributed by atoms with Crippen LogP contribution < -0.4 is 5.32 Å². The highest BCUT2D eigenvalue weighted by atomic mass is 79.9. The quantitative estimate of drug-likeness (QED) is 0.254. The minimum atomic E-state index is -1.75. The van der Waals surface area contributed by atoms with Crippen molar-refractivity contribution in [3.63, 3.8) is 0 Å². The molecule has 0 aliphatic rings. The van der Waals surface area contributed by atoms with Crippen LogP contribution in [0.4, 0.5) is 0 Å². The molecule has 0 aromatic carbocycles. The van der Waals surface area contributed by atoms with Crippen molar-refractivity contribution in [3.8, 4) is 0 Å². The number of aldehydes is 1. The minimum absolute atomic E-state index is 0.220. The van der Waals surface area contributed by atoms with Crippen LogP contribution >= 0.6 is 31.9 Å². The molecule has 0 spiro atoms. The van der Waals surface area contributed by atoms with Gasteiger partial charge in [-0.3, -0.25) is 4.79 Å². The fourth-order valence-corrected chi connectivity index (χ4v) is 1.24. The molecule has 1 amide bonds. The van der Waals surface area contributed by atoms with Gasteiger partial charge >= 0.3 is 0 Å². The van der Waals surface area contributed by atoms with E-state index in [2.05, 4.69) is 37.2 Å². The first-order chi connectivity index (χ1) is 7.84. The Morgan fingerprint density at radius 1 is 1.24 bits per heavy atom. The second-order valence-corrected chi connectivity index (χ2v) is 6.26. The van der Waals surface area contributed by atoms with E-state index in [9.17, 15) is 19.8 Å². The molecule has 0 aromatic rings. The predicted octanol–water partition coefficient (Wildman–Crippen LogP) is -2.14. The summed E-state index contributed by atoms with van der Waals surface area (Å²) in [5, 5.41) is 38.6. The first kappa shape index (κ1) is 16.9. The van der Waals surface area contributed by atoms with Gasteiger partial charge in [-0.2, -0.15) is 0 Å². The summed E-state index contributed by atoms with van der Waals surface area (Å²) >= 11 is 5.76. The van der Waals surface area contributed by atoms with Gasteiger partial charge in [-0.15, -0.1) is 0 Å². The highest BCUT2D eigenvalue weighted by Crippen LogP contribution is 2.09. The Labute approximate surface area is 114 Å². The van der Waals surface area contributed by atoms with Gasteiger partial charge in [0.1, 0.15) is 34.4 Å². The average molecular weight is 379 g/mol. The molecular weight excluding hydrogens is 366 g/mol. The molecule has 0 fully saturated rings. The summed E-state index contributed by atoms with van der Waals surface area (Å²) < 4.78 is -0.760. The molecule has 0 aromatic heterocycles. The summed E-state index contributed by atoms with van der Waals surface area (Å²) in [5.41, 5.74) is 0. The highest BCUT2D eigenvalue weighted by molar-refractivity contribution is 9.25. The molecule has 0 saturated heterocycles.